The van der Waals surface area contributed by atoms with Gasteiger partial charge in [0.1, 0.15) is 18.2 Å². The molecule has 3 rings (SSSR count). The number of nitrogens with zero attached hydrogens (tertiary/aromatic N) is 2. The molecule has 0 spiro atoms. The van der Waals surface area contributed by atoms with Crippen molar-refractivity contribution >= 4 is 17.6 Å². The van der Waals surface area contributed by atoms with Crippen molar-refractivity contribution in [3.63, 3.8) is 0 Å². The third kappa shape index (κ3) is 3.56. The molecular formula is C19H22N4O4. The van der Waals surface area contributed by atoms with Crippen LogP contribution in [0.15, 0.2) is 35.1 Å². The smallest absolute Gasteiger partial charge is 0.262 e. The monoisotopic (exact) mass is 370 g/mol. The number of rotatable bonds is 7. The number of imide groups is 1. The number of aromatic nitrogens is 1. The van der Waals surface area contributed by atoms with E-state index in [-0.39, 0.29) is 16.9 Å². The average Bonchev–Trinajstić information content (AvgIpc) is 2.93. The van der Waals surface area contributed by atoms with Crippen LogP contribution in [0.4, 0.5) is 5.82 Å². The number of nitrogen functional groups attached to an aromatic ring is 1. The number of ether oxygens (including phenoxy) is 1. The van der Waals surface area contributed by atoms with E-state index in [1.54, 1.807) is 24.3 Å². The second-order valence-corrected chi connectivity index (χ2v) is 6.14. The number of hydrogen-bond acceptors (Lipinski definition) is 6. The van der Waals surface area contributed by atoms with Gasteiger partial charge in [-0.2, -0.15) is 0 Å². The number of likely N-dealkylation sites (N-methyl/N-ethyl adjacent to an activating group) is 1. The number of anilines is 1. The zero-order valence-electron chi connectivity index (χ0n) is 15.3. The highest BCUT2D eigenvalue weighted by Gasteiger charge is 2.31. The Kier molecular flexibility index (Phi) is 5.27. The summed E-state index contributed by atoms with van der Waals surface area (Å²) >= 11 is 0. The van der Waals surface area contributed by atoms with Gasteiger partial charge in [-0.15, -0.1) is 0 Å². The van der Waals surface area contributed by atoms with E-state index in [0.717, 1.165) is 25.7 Å². The lowest BCUT2D eigenvalue weighted by Crippen LogP contribution is -2.27. The maximum absolute atomic E-state index is 12.4. The highest BCUT2D eigenvalue weighted by molar-refractivity contribution is 6.23. The average molecular weight is 370 g/mol. The van der Waals surface area contributed by atoms with Crippen molar-refractivity contribution in [2.45, 2.75) is 13.8 Å². The van der Waals surface area contributed by atoms with Crippen LogP contribution in [-0.4, -0.2) is 47.5 Å². The minimum Gasteiger partial charge on any atom is -0.492 e. The number of pyridine rings is 1. The van der Waals surface area contributed by atoms with E-state index in [1.807, 2.05) is 0 Å². The fourth-order valence-corrected chi connectivity index (χ4v) is 3.07. The lowest BCUT2D eigenvalue weighted by atomic mass is 10.1. The standard InChI is InChI=1S/C19H22N4O4/c1-3-22(4-2)9-10-27-13-7-5-12(6-8-13)23-15(24)11-14-16(17(23)20)19(26)21-18(14)25/h5-8,11H,3-4,9-10,20H2,1-2H3,(H,21,25,26). The number of fused-ring (bicyclic) bond motifs is 1. The van der Waals surface area contributed by atoms with E-state index >= 15 is 0 Å². The van der Waals surface area contributed by atoms with E-state index in [9.17, 15) is 14.4 Å². The van der Waals surface area contributed by atoms with Crippen LogP contribution in [0.25, 0.3) is 5.69 Å². The molecule has 0 saturated carbocycles. The van der Waals surface area contributed by atoms with Gasteiger partial charge in [-0.05, 0) is 37.4 Å². The molecule has 142 valence electrons. The summed E-state index contributed by atoms with van der Waals surface area (Å²) in [4.78, 5) is 38.3. The molecule has 0 bridgehead atoms. The van der Waals surface area contributed by atoms with Crippen LogP contribution >= 0.6 is 0 Å². The van der Waals surface area contributed by atoms with Gasteiger partial charge in [0.05, 0.1) is 16.8 Å². The molecule has 1 aliphatic rings. The largest absolute Gasteiger partial charge is 0.492 e. The van der Waals surface area contributed by atoms with Crippen molar-refractivity contribution in [2.24, 2.45) is 0 Å². The predicted octanol–water partition coefficient (Wildman–Crippen LogP) is 1.02. The van der Waals surface area contributed by atoms with E-state index in [4.69, 9.17) is 10.5 Å². The summed E-state index contributed by atoms with van der Waals surface area (Å²) in [7, 11) is 0. The maximum Gasteiger partial charge on any atom is 0.262 e. The molecule has 1 aromatic carbocycles. The molecule has 8 heteroatoms. The summed E-state index contributed by atoms with van der Waals surface area (Å²) in [5, 5.41) is 2.15. The van der Waals surface area contributed by atoms with Crippen molar-refractivity contribution in [3.05, 3.63) is 51.8 Å². The lowest BCUT2D eigenvalue weighted by molar-refractivity contribution is 0.0880. The van der Waals surface area contributed by atoms with Gasteiger partial charge in [0.2, 0.25) is 0 Å². The molecule has 0 saturated heterocycles. The van der Waals surface area contributed by atoms with Crippen LogP contribution in [0.2, 0.25) is 0 Å². The first-order valence-electron chi connectivity index (χ1n) is 8.83. The third-order valence-electron chi connectivity index (χ3n) is 4.62. The normalized spacial score (nSPS) is 13.0. The van der Waals surface area contributed by atoms with Crippen molar-refractivity contribution in [2.75, 3.05) is 32.0 Å². The fraction of sp³-hybridized carbons (Fsp3) is 0.316. The molecule has 8 nitrogen and oxygen atoms in total. The minimum absolute atomic E-state index is 0.00936. The molecule has 27 heavy (non-hydrogen) atoms. The zero-order chi connectivity index (χ0) is 19.6. The van der Waals surface area contributed by atoms with Gasteiger partial charge >= 0.3 is 0 Å². The van der Waals surface area contributed by atoms with E-state index in [0.29, 0.717) is 18.0 Å². The Morgan fingerprint density at radius 2 is 1.74 bits per heavy atom. The predicted molar refractivity (Wildman–Crippen MR) is 102 cm³/mol. The number of amides is 2. The Morgan fingerprint density at radius 3 is 2.37 bits per heavy atom. The SMILES string of the molecule is CCN(CC)CCOc1ccc(-n2c(N)c3c(cc2=O)C(=O)NC3=O)cc1. The maximum atomic E-state index is 12.4. The summed E-state index contributed by atoms with van der Waals surface area (Å²) in [6.07, 6.45) is 0. The quantitative estimate of drug-likeness (QED) is 0.705. The van der Waals surface area contributed by atoms with Crippen molar-refractivity contribution in [3.8, 4) is 11.4 Å². The summed E-state index contributed by atoms with van der Waals surface area (Å²) in [6, 6.07) is 7.97. The van der Waals surface area contributed by atoms with Gasteiger partial charge in [0, 0.05) is 12.6 Å². The highest BCUT2D eigenvalue weighted by Crippen LogP contribution is 2.23. The lowest BCUT2D eigenvalue weighted by Gasteiger charge is -2.18. The van der Waals surface area contributed by atoms with Crippen LogP contribution in [0.5, 0.6) is 5.75 Å². The Hall–Kier alpha value is -3.13. The van der Waals surface area contributed by atoms with Crippen LogP contribution in [0.1, 0.15) is 34.6 Å². The third-order valence-corrected chi connectivity index (χ3v) is 4.62. The van der Waals surface area contributed by atoms with Crippen LogP contribution < -0.4 is 21.3 Å². The van der Waals surface area contributed by atoms with Crippen molar-refractivity contribution < 1.29 is 14.3 Å². The fourth-order valence-electron chi connectivity index (χ4n) is 3.07. The molecule has 1 aromatic heterocycles. The molecule has 3 N–H and O–H groups in total. The Bertz CT molecular complexity index is 930. The molecule has 0 unspecified atom stereocenters. The number of hydrogen-bond donors (Lipinski definition) is 2. The van der Waals surface area contributed by atoms with Gasteiger partial charge in [-0.3, -0.25) is 24.3 Å². The van der Waals surface area contributed by atoms with Crippen LogP contribution in [0.3, 0.4) is 0 Å². The summed E-state index contributed by atoms with van der Waals surface area (Å²) in [5.74, 6) is -0.594. The Balaban J connectivity index is 1.82. The second-order valence-electron chi connectivity index (χ2n) is 6.14. The van der Waals surface area contributed by atoms with Gasteiger partial charge < -0.3 is 15.4 Å². The van der Waals surface area contributed by atoms with E-state index in [1.165, 1.54) is 4.57 Å². The molecule has 0 radical (unpaired) electrons. The van der Waals surface area contributed by atoms with Crippen molar-refractivity contribution in [1.29, 1.82) is 0 Å². The first-order chi connectivity index (χ1) is 13.0. The Morgan fingerprint density at radius 1 is 1.07 bits per heavy atom. The summed E-state index contributed by atoms with van der Waals surface area (Å²) < 4.78 is 6.93. The van der Waals surface area contributed by atoms with Gasteiger partial charge in [-0.1, -0.05) is 13.8 Å². The molecular weight excluding hydrogens is 348 g/mol. The summed E-state index contributed by atoms with van der Waals surface area (Å²) in [6.45, 7) is 7.53. The number of nitrogens with two attached hydrogens (primary N) is 1. The topological polar surface area (TPSA) is 107 Å². The van der Waals surface area contributed by atoms with E-state index < -0.39 is 17.4 Å². The molecule has 2 amide bonds. The molecule has 0 aliphatic carbocycles. The first kappa shape index (κ1) is 18.7. The highest BCUT2D eigenvalue weighted by atomic mass is 16.5. The molecule has 0 atom stereocenters. The number of benzene rings is 1. The minimum atomic E-state index is -0.608. The van der Waals surface area contributed by atoms with Crippen LogP contribution in [0, 0.1) is 0 Å². The first-order valence-corrected chi connectivity index (χ1v) is 8.83. The molecule has 2 aromatic rings. The van der Waals surface area contributed by atoms with Gasteiger partial charge in [0.25, 0.3) is 17.4 Å². The summed E-state index contributed by atoms with van der Waals surface area (Å²) in [5.41, 5.74) is 6.06. The second kappa shape index (κ2) is 7.63. The van der Waals surface area contributed by atoms with Crippen molar-refractivity contribution in [1.82, 2.24) is 14.8 Å². The molecule has 0 fully saturated rings. The Labute approximate surface area is 156 Å². The number of carbonyl (C=O) groups excluding carboxylic acids is 2. The number of nitrogens with one attached hydrogen (secondary N) is 1. The molecule has 1 aliphatic heterocycles. The van der Waals surface area contributed by atoms with Gasteiger partial charge in [0.15, 0.2) is 0 Å². The van der Waals surface area contributed by atoms with Crippen LogP contribution in [-0.2, 0) is 0 Å². The zero-order valence-corrected chi connectivity index (χ0v) is 15.3. The van der Waals surface area contributed by atoms with E-state index in [2.05, 4.69) is 24.1 Å². The molecule has 2 heterocycles. The van der Waals surface area contributed by atoms with Gasteiger partial charge in [-0.25, -0.2) is 0 Å². The number of carbonyl (C=O) groups is 2.